The van der Waals surface area contributed by atoms with E-state index in [1.165, 1.54) is 0 Å². The van der Waals surface area contributed by atoms with Crippen LogP contribution in [0.25, 0.3) is 0 Å². The van der Waals surface area contributed by atoms with Crippen LogP contribution in [0.5, 0.6) is 5.75 Å². The normalized spacial score (nSPS) is 15.5. The number of rotatable bonds is 5. The molecule has 4 nitrogen and oxygen atoms in total. The summed E-state index contributed by atoms with van der Waals surface area (Å²) in [5, 5.41) is 0. The van der Waals surface area contributed by atoms with Gasteiger partial charge in [0, 0.05) is 13.1 Å². The number of carbonyl (C=O) groups excluding carboxylic acids is 1. The number of hydrogen-bond donors (Lipinski definition) is 1. The van der Waals surface area contributed by atoms with Gasteiger partial charge in [0.05, 0.1) is 19.1 Å². The Bertz CT molecular complexity index is 415. The Morgan fingerprint density at radius 2 is 1.74 bits per heavy atom. The Morgan fingerprint density at radius 1 is 1.21 bits per heavy atom. The van der Waals surface area contributed by atoms with Gasteiger partial charge in [-0.15, -0.1) is 0 Å². The fourth-order valence-corrected chi connectivity index (χ4v) is 1.84. The van der Waals surface area contributed by atoms with Crippen molar-refractivity contribution in [2.75, 3.05) is 14.2 Å². The van der Waals surface area contributed by atoms with Crippen LogP contribution in [0.1, 0.15) is 32.4 Å². The van der Waals surface area contributed by atoms with Crippen LogP contribution in [0.3, 0.4) is 0 Å². The van der Waals surface area contributed by atoms with Gasteiger partial charge in [0.2, 0.25) is 5.91 Å². The minimum Gasteiger partial charge on any atom is -0.497 e. The minimum atomic E-state index is -0.175. The number of hydrogen-bond acceptors (Lipinski definition) is 3. The first-order valence-electron chi connectivity index (χ1n) is 6.54. The van der Waals surface area contributed by atoms with Crippen molar-refractivity contribution in [1.82, 2.24) is 4.90 Å². The molecular formula is C15H24N2O2. The Balaban J connectivity index is 2.80. The van der Waals surface area contributed by atoms with Gasteiger partial charge >= 0.3 is 0 Å². The smallest absolute Gasteiger partial charge is 0.227 e. The zero-order valence-corrected chi connectivity index (χ0v) is 12.4. The Labute approximate surface area is 115 Å². The highest BCUT2D eigenvalue weighted by Gasteiger charge is 2.24. The van der Waals surface area contributed by atoms with Gasteiger partial charge in [0.25, 0.3) is 0 Å². The van der Waals surface area contributed by atoms with E-state index in [0.717, 1.165) is 11.3 Å². The third-order valence-corrected chi connectivity index (χ3v) is 3.70. The molecule has 0 aliphatic heterocycles. The van der Waals surface area contributed by atoms with E-state index < -0.39 is 0 Å². The molecule has 3 atom stereocenters. The van der Waals surface area contributed by atoms with Crippen LogP contribution in [0.2, 0.25) is 0 Å². The SMILES string of the molecule is COc1ccc(C(C)N(C)C(=O)C(C)C(C)N)cc1. The molecule has 0 aromatic heterocycles. The Hall–Kier alpha value is -1.55. The molecule has 19 heavy (non-hydrogen) atoms. The van der Waals surface area contributed by atoms with Crippen molar-refractivity contribution in [1.29, 1.82) is 0 Å². The Kier molecular flexibility index (Phi) is 5.36. The molecule has 0 fully saturated rings. The highest BCUT2D eigenvalue weighted by atomic mass is 16.5. The molecule has 0 saturated heterocycles. The lowest BCUT2D eigenvalue weighted by molar-refractivity contribution is -0.136. The number of nitrogens with two attached hydrogens (primary N) is 1. The number of ether oxygens (including phenoxy) is 1. The summed E-state index contributed by atoms with van der Waals surface area (Å²) in [6, 6.07) is 7.63. The zero-order chi connectivity index (χ0) is 14.6. The van der Waals surface area contributed by atoms with Crippen molar-refractivity contribution in [3.05, 3.63) is 29.8 Å². The largest absolute Gasteiger partial charge is 0.497 e. The van der Waals surface area contributed by atoms with E-state index in [4.69, 9.17) is 10.5 Å². The van der Waals surface area contributed by atoms with Crippen LogP contribution in [-0.4, -0.2) is 31.0 Å². The van der Waals surface area contributed by atoms with Crippen molar-refractivity contribution in [2.45, 2.75) is 32.9 Å². The number of methoxy groups -OCH3 is 1. The lowest BCUT2D eigenvalue weighted by Crippen LogP contribution is -2.40. The lowest BCUT2D eigenvalue weighted by Gasteiger charge is -2.29. The second kappa shape index (κ2) is 6.57. The van der Waals surface area contributed by atoms with E-state index in [1.807, 2.05) is 52.1 Å². The molecule has 0 aliphatic carbocycles. The first-order chi connectivity index (χ1) is 8.88. The molecule has 1 rings (SSSR count). The summed E-state index contributed by atoms with van der Waals surface area (Å²) in [6.07, 6.45) is 0. The van der Waals surface area contributed by atoms with Crippen molar-refractivity contribution < 1.29 is 9.53 Å². The first-order valence-corrected chi connectivity index (χ1v) is 6.54. The molecule has 4 heteroatoms. The van der Waals surface area contributed by atoms with Gasteiger partial charge < -0.3 is 15.4 Å². The predicted molar refractivity (Wildman–Crippen MR) is 77.0 cm³/mol. The van der Waals surface area contributed by atoms with E-state index in [2.05, 4.69) is 0 Å². The van der Waals surface area contributed by atoms with Crippen molar-refractivity contribution in [3.8, 4) is 5.75 Å². The van der Waals surface area contributed by atoms with Gasteiger partial charge in [0.1, 0.15) is 5.75 Å². The number of carbonyl (C=O) groups is 1. The van der Waals surface area contributed by atoms with Gasteiger partial charge in [-0.25, -0.2) is 0 Å². The molecule has 0 saturated carbocycles. The van der Waals surface area contributed by atoms with Gasteiger partial charge in [-0.1, -0.05) is 19.1 Å². The molecule has 0 spiro atoms. The number of amides is 1. The second-order valence-corrected chi connectivity index (χ2v) is 5.05. The van der Waals surface area contributed by atoms with E-state index in [9.17, 15) is 4.79 Å². The average Bonchev–Trinajstić information content (AvgIpc) is 2.44. The molecule has 0 radical (unpaired) electrons. The Morgan fingerprint density at radius 3 is 2.16 bits per heavy atom. The summed E-state index contributed by atoms with van der Waals surface area (Å²) in [5.41, 5.74) is 6.86. The predicted octanol–water partition coefficient (Wildman–Crippen LogP) is 2.20. The van der Waals surface area contributed by atoms with Crippen LogP contribution >= 0.6 is 0 Å². The second-order valence-electron chi connectivity index (χ2n) is 5.05. The van der Waals surface area contributed by atoms with Gasteiger partial charge in [0.15, 0.2) is 0 Å². The molecular weight excluding hydrogens is 240 g/mol. The fraction of sp³-hybridized carbons (Fsp3) is 0.533. The van der Waals surface area contributed by atoms with E-state index in [0.29, 0.717) is 0 Å². The minimum absolute atomic E-state index is 0.0135. The standard InChI is InChI=1S/C15H24N2O2/c1-10(11(2)16)15(18)17(4)12(3)13-6-8-14(19-5)9-7-13/h6-12H,16H2,1-5H3. The van der Waals surface area contributed by atoms with E-state index >= 15 is 0 Å². The van der Waals surface area contributed by atoms with Crippen molar-refractivity contribution in [3.63, 3.8) is 0 Å². The quantitative estimate of drug-likeness (QED) is 0.887. The first kappa shape index (κ1) is 15.5. The van der Waals surface area contributed by atoms with Gasteiger partial charge in [-0.3, -0.25) is 4.79 Å². The summed E-state index contributed by atoms with van der Waals surface area (Å²) in [7, 11) is 3.45. The highest BCUT2D eigenvalue weighted by molar-refractivity contribution is 5.79. The molecule has 3 unspecified atom stereocenters. The number of benzene rings is 1. The van der Waals surface area contributed by atoms with Gasteiger partial charge in [-0.05, 0) is 31.5 Å². The molecule has 0 heterocycles. The molecule has 1 aromatic carbocycles. The molecule has 1 aromatic rings. The van der Waals surface area contributed by atoms with Crippen LogP contribution in [0.4, 0.5) is 0 Å². The summed E-state index contributed by atoms with van der Waals surface area (Å²) < 4.78 is 5.13. The number of nitrogens with zero attached hydrogens (tertiary/aromatic N) is 1. The molecule has 106 valence electrons. The zero-order valence-electron chi connectivity index (χ0n) is 12.4. The monoisotopic (exact) mass is 264 g/mol. The molecule has 0 aliphatic rings. The van der Waals surface area contributed by atoms with Crippen LogP contribution in [-0.2, 0) is 4.79 Å². The van der Waals surface area contributed by atoms with Crippen molar-refractivity contribution >= 4 is 5.91 Å². The van der Waals surface area contributed by atoms with Gasteiger partial charge in [-0.2, -0.15) is 0 Å². The summed E-state index contributed by atoms with van der Waals surface area (Å²) >= 11 is 0. The van der Waals surface area contributed by atoms with Crippen LogP contribution < -0.4 is 10.5 Å². The summed E-state index contributed by atoms with van der Waals surface area (Å²) in [5.74, 6) is 0.706. The third-order valence-electron chi connectivity index (χ3n) is 3.70. The van der Waals surface area contributed by atoms with Crippen LogP contribution in [0.15, 0.2) is 24.3 Å². The summed E-state index contributed by atoms with van der Waals surface area (Å²) in [6.45, 7) is 5.73. The topological polar surface area (TPSA) is 55.6 Å². The van der Waals surface area contributed by atoms with E-state index in [-0.39, 0.29) is 23.9 Å². The fourth-order valence-electron chi connectivity index (χ4n) is 1.84. The highest BCUT2D eigenvalue weighted by Crippen LogP contribution is 2.23. The van der Waals surface area contributed by atoms with E-state index in [1.54, 1.807) is 12.0 Å². The molecule has 1 amide bonds. The molecule has 2 N–H and O–H groups in total. The maximum absolute atomic E-state index is 12.2. The lowest BCUT2D eigenvalue weighted by atomic mass is 10.0. The van der Waals surface area contributed by atoms with Crippen molar-refractivity contribution in [2.24, 2.45) is 11.7 Å². The molecule has 0 bridgehead atoms. The average molecular weight is 264 g/mol. The maximum atomic E-state index is 12.2. The van der Waals surface area contributed by atoms with Crippen LogP contribution in [0, 0.1) is 5.92 Å². The third kappa shape index (κ3) is 3.70. The maximum Gasteiger partial charge on any atom is 0.227 e. The summed E-state index contributed by atoms with van der Waals surface area (Å²) in [4.78, 5) is 14.0.